The lowest BCUT2D eigenvalue weighted by Crippen LogP contribution is -2.15. The van der Waals surface area contributed by atoms with Crippen molar-refractivity contribution in [2.75, 3.05) is 11.1 Å². The molecular weight excluding hydrogens is 392 g/mol. The van der Waals surface area contributed by atoms with Gasteiger partial charge in [0.15, 0.2) is 10.3 Å². The van der Waals surface area contributed by atoms with Gasteiger partial charge in [-0.1, -0.05) is 53.7 Å². The average molecular weight is 409 g/mol. The molecular formula is C20H16N4O2S2. The zero-order valence-electron chi connectivity index (χ0n) is 14.9. The maximum Gasteiger partial charge on any atom is 0.259 e. The van der Waals surface area contributed by atoms with E-state index in [1.54, 1.807) is 18.2 Å². The molecule has 8 heteroatoms. The van der Waals surface area contributed by atoms with E-state index in [4.69, 9.17) is 0 Å². The number of hydrogen-bond acceptors (Lipinski definition) is 6. The van der Waals surface area contributed by atoms with Gasteiger partial charge in [0.1, 0.15) is 0 Å². The molecule has 1 amide bonds. The first-order valence-electron chi connectivity index (χ1n) is 8.53. The number of rotatable bonds is 5. The minimum atomic E-state index is -0.212. The van der Waals surface area contributed by atoms with Gasteiger partial charge in [-0.05, 0) is 19.1 Å². The lowest BCUT2D eigenvalue weighted by atomic mass is 10.1. The molecule has 2 N–H and O–H groups in total. The highest BCUT2D eigenvalue weighted by atomic mass is 32.2. The summed E-state index contributed by atoms with van der Waals surface area (Å²) in [6.45, 7) is 2.03. The van der Waals surface area contributed by atoms with Crippen molar-refractivity contribution >= 4 is 45.0 Å². The van der Waals surface area contributed by atoms with Crippen molar-refractivity contribution in [3.05, 3.63) is 69.8 Å². The smallest absolute Gasteiger partial charge is 0.259 e. The molecule has 0 aliphatic carbocycles. The standard InChI is InChI=1S/C20H16N4O2S2/c1-12-6-8-13(9-7-12)16-10-27-19(22-16)23-17(25)11-28-20-21-15-5-3-2-4-14(15)18(26)24-20/h2-10H,11H2,1H3,(H,21,24,26)(H,22,23,25). The number of carbonyl (C=O) groups excluding carboxylic acids is 1. The number of fused-ring (bicyclic) bond motifs is 1. The summed E-state index contributed by atoms with van der Waals surface area (Å²) >= 11 is 2.56. The van der Waals surface area contributed by atoms with E-state index in [0.717, 1.165) is 11.3 Å². The van der Waals surface area contributed by atoms with Crippen LogP contribution in [-0.4, -0.2) is 26.6 Å². The fourth-order valence-corrected chi connectivity index (χ4v) is 4.01. The number of thiazole rings is 1. The third-order valence-electron chi connectivity index (χ3n) is 4.03. The number of hydrogen-bond donors (Lipinski definition) is 2. The molecule has 0 spiro atoms. The van der Waals surface area contributed by atoms with Crippen molar-refractivity contribution in [2.24, 2.45) is 0 Å². The van der Waals surface area contributed by atoms with Crippen LogP contribution in [0.3, 0.4) is 0 Å². The Bertz CT molecular complexity index is 1200. The molecule has 28 heavy (non-hydrogen) atoms. The summed E-state index contributed by atoms with van der Waals surface area (Å²) in [5.74, 6) is -0.0774. The summed E-state index contributed by atoms with van der Waals surface area (Å²) in [5, 5.41) is 6.19. The van der Waals surface area contributed by atoms with Gasteiger partial charge in [-0.15, -0.1) is 11.3 Å². The maximum absolute atomic E-state index is 12.2. The molecule has 6 nitrogen and oxygen atoms in total. The molecule has 4 aromatic rings. The molecule has 0 radical (unpaired) electrons. The van der Waals surface area contributed by atoms with Crippen LogP contribution < -0.4 is 10.9 Å². The van der Waals surface area contributed by atoms with Gasteiger partial charge in [-0.3, -0.25) is 9.59 Å². The maximum atomic E-state index is 12.2. The fourth-order valence-electron chi connectivity index (χ4n) is 2.61. The van der Waals surface area contributed by atoms with Crippen LogP contribution in [0.5, 0.6) is 0 Å². The van der Waals surface area contributed by atoms with Gasteiger partial charge in [0, 0.05) is 10.9 Å². The first-order chi connectivity index (χ1) is 13.6. The molecule has 2 aromatic carbocycles. The number of benzene rings is 2. The summed E-state index contributed by atoms with van der Waals surface area (Å²) in [6.07, 6.45) is 0. The molecule has 0 saturated carbocycles. The van der Waals surface area contributed by atoms with Crippen LogP contribution in [0.4, 0.5) is 5.13 Å². The number of amides is 1. The van der Waals surface area contributed by atoms with Crippen molar-refractivity contribution in [1.29, 1.82) is 0 Å². The topological polar surface area (TPSA) is 87.7 Å². The lowest BCUT2D eigenvalue weighted by Gasteiger charge is -2.03. The highest BCUT2D eigenvalue weighted by molar-refractivity contribution is 7.99. The summed E-state index contributed by atoms with van der Waals surface area (Å²) in [5.41, 5.74) is 3.42. The number of H-pyrrole nitrogens is 1. The van der Waals surface area contributed by atoms with Crippen LogP contribution in [0.1, 0.15) is 5.56 Å². The monoisotopic (exact) mass is 408 g/mol. The summed E-state index contributed by atoms with van der Waals surface area (Å²) in [4.78, 5) is 35.9. The number of nitrogens with one attached hydrogen (secondary N) is 2. The minimum absolute atomic E-state index is 0.126. The molecule has 0 aliphatic rings. The Morgan fingerprint density at radius 3 is 2.75 bits per heavy atom. The Morgan fingerprint density at radius 1 is 1.14 bits per heavy atom. The number of para-hydroxylation sites is 1. The predicted molar refractivity (Wildman–Crippen MR) is 114 cm³/mol. The van der Waals surface area contributed by atoms with Crippen molar-refractivity contribution in [2.45, 2.75) is 12.1 Å². The zero-order valence-corrected chi connectivity index (χ0v) is 16.6. The van der Waals surface area contributed by atoms with Crippen molar-refractivity contribution in [3.63, 3.8) is 0 Å². The number of carbonyl (C=O) groups is 1. The van der Waals surface area contributed by atoms with Crippen LogP contribution in [0.2, 0.25) is 0 Å². The Kier molecular flexibility index (Phi) is 5.23. The van der Waals surface area contributed by atoms with Gasteiger partial charge in [0.05, 0.1) is 22.3 Å². The molecule has 4 rings (SSSR count). The zero-order chi connectivity index (χ0) is 19.5. The Morgan fingerprint density at radius 2 is 1.93 bits per heavy atom. The van der Waals surface area contributed by atoms with E-state index >= 15 is 0 Å². The van der Waals surface area contributed by atoms with Gasteiger partial charge < -0.3 is 10.3 Å². The molecule has 0 bridgehead atoms. The van der Waals surface area contributed by atoms with E-state index < -0.39 is 0 Å². The van der Waals surface area contributed by atoms with Crippen molar-refractivity contribution < 1.29 is 4.79 Å². The van der Waals surface area contributed by atoms with E-state index in [9.17, 15) is 9.59 Å². The molecule has 0 fully saturated rings. The normalized spacial score (nSPS) is 10.9. The van der Waals surface area contributed by atoms with Crippen LogP contribution in [0.15, 0.2) is 63.9 Å². The van der Waals surface area contributed by atoms with E-state index in [0.29, 0.717) is 21.2 Å². The molecule has 2 heterocycles. The molecule has 0 saturated heterocycles. The second kappa shape index (κ2) is 7.95. The Balaban J connectivity index is 1.40. The van der Waals surface area contributed by atoms with Gasteiger partial charge in [0.2, 0.25) is 5.91 Å². The van der Waals surface area contributed by atoms with Gasteiger partial charge >= 0.3 is 0 Å². The van der Waals surface area contributed by atoms with Crippen molar-refractivity contribution in [1.82, 2.24) is 15.0 Å². The molecule has 2 aromatic heterocycles. The fraction of sp³-hybridized carbons (Fsp3) is 0.100. The summed E-state index contributed by atoms with van der Waals surface area (Å²) in [6, 6.07) is 15.2. The number of nitrogens with zero attached hydrogens (tertiary/aromatic N) is 2. The number of aryl methyl sites for hydroxylation is 1. The second-order valence-corrected chi connectivity index (χ2v) is 7.95. The molecule has 140 valence electrons. The average Bonchev–Trinajstić information content (AvgIpc) is 3.15. The first kappa shape index (κ1) is 18.4. The van der Waals surface area contributed by atoms with Gasteiger partial charge in [-0.25, -0.2) is 9.97 Å². The van der Waals surface area contributed by atoms with Crippen LogP contribution in [0.25, 0.3) is 22.2 Å². The van der Waals surface area contributed by atoms with E-state index in [1.165, 1.54) is 28.7 Å². The second-order valence-electron chi connectivity index (χ2n) is 6.13. The van der Waals surface area contributed by atoms with E-state index in [2.05, 4.69) is 20.3 Å². The van der Waals surface area contributed by atoms with E-state index in [-0.39, 0.29) is 17.2 Å². The molecule has 0 unspecified atom stereocenters. The summed E-state index contributed by atoms with van der Waals surface area (Å²) < 4.78 is 0. The van der Waals surface area contributed by atoms with E-state index in [1.807, 2.05) is 42.6 Å². The van der Waals surface area contributed by atoms with Crippen LogP contribution in [0, 0.1) is 6.92 Å². The Hall–Kier alpha value is -2.97. The minimum Gasteiger partial charge on any atom is -0.301 e. The molecule has 0 atom stereocenters. The number of aromatic amines is 1. The highest BCUT2D eigenvalue weighted by Gasteiger charge is 2.10. The number of thioether (sulfide) groups is 1. The molecule has 0 aliphatic heterocycles. The third kappa shape index (κ3) is 4.13. The van der Waals surface area contributed by atoms with Crippen LogP contribution in [-0.2, 0) is 4.79 Å². The van der Waals surface area contributed by atoms with Crippen molar-refractivity contribution in [3.8, 4) is 11.3 Å². The van der Waals surface area contributed by atoms with Gasteiger partial charge in [-0.2, -0.15) is 0 Å². The Labute approximate surface area is 169 Å². The largest absolute Gasteiger partial charge is 0.301 e. The lowest BCUT2D eigenvalue weighted by molar-refractivity contribution is -0.113. The quantitative estimate of drug-likeness (QED) is 0.384. The third-order valence-corrected chi connectivity index (χ3v) is 5.66. The summed E-state index contributed by atoms with van der Waals surface area (Å²) in [7, 11) is 0. The predicted octanol–water partition coefficient (Wildman–Crippen LogP) is 4.09. The SMILES string of the molecule is Cc1ccc(-c2csc(NC(=O)CSc3nc4ccccc4c(=O)[nH]3)n2)cc1. The number of anilines is 1. The highest BCUT2D eigenvalue weighted by Crippen LogP contribution is 2.25. The van der Waals surface area contributed by atoms with Crippen LogP contribution >= 0.6 is 23.1 Å². The van der Waals surface area contributed by atoms with Gasteiger partial charge in [0.25, 0.3) is 5.56 Å². The first-order valence-corrected chi connectivity index (χ1v) is 10.4. The number of aromatic nitrogens is 3.